The van der Waals surface area contributed by atoms with Crippen LogP contribution in [0.15, 0.2) is 0 Å². The summed E-state index contributed by atoms with van der Waals surface area (Å²) in [6.07, 6.45) is -0.516. The molecule has 2 aliphatic heterocycles. The molecular weight excluding hydrogens is 284 g/mol. The van der Waals surface area contributed by atoms with Gasteiger partial charge in [-0.3, -0.25) is 9.47 Å². The van der Waals surface area contributed by atoms with Gasteiger partial charge in [0.25, 0.3) is 5.79 Å². The van der Waals surface area contributed by atoms with E-state index in [0.29, 0.717) is 6.42 Å². The Hall–Kier alpha value is -0.330. The first-order valence-corrected chi connectivity index (χ1v) is 7.12. The van der Waals surface area contributed by atoms with Crippen LogP contribution in [0.3, 0.4) is 0 Å². The first-order chi connectivity index (χ1) is 8.86. The molecule has 0 aromatic heterocycles. The number of hydrogen-bond acceptors (Lipinski definition) is 9. The second-order valence-corrected chi connectivity index (χ2v) is 5.28. The van der Waals surface area contributed by atoms with Crippen LogP contribution in [0.5, 0.6) is 0 Å². The lowest BCUT2D eigenvalue weighted by atomic mass is 10.1. The van der Waals surface area contributed by atoms with Crippen LogP contribution < -0.4 is 0 Å². The fourth-order valence-corrected chi connectivity index (χ4v) is 2.90. The van der Waals surface area contributed by atoms with Crippen LogP contribution in [0.25, 0.3) is 0 Å². The summed E-state index contributed by atoms with van der Waals surface area (Å²) in [6, 6.07) is 0. The average molecular weight is 300 g/mol. The Morgan fingerprint density at radius 3 is 2.58 bits per heavy atom. The first-order valence-electron chi connectivity index (χ1n) is 5.79. The van der Waals surface area contributed by atoms with Gasteiger partial charge < -0.3 is 14.9 Å². The van der Waals surface area contributed by atoms with Crippen molar-refractivity contribution in [2.24, 2.45) is 0 Å². The highest BCUT2D eigenvalue weighted by Crippen LogP contribution is 2.49. The van der Waals surface area contributed by atoms with Crippen LogP contribution in [0.2, 0.25) is 0 Å². The van der Waals surface area contributed by atoms with Gasteiger partial charge in [0.05, 0.1) is 19.8 Å². The molecule has 112 valence electrons. The van der Waals surface area contributed by atoms with Crippen molar-refractivity contribution >= 4 is 10.4 Å². The molecule has 9 nitrogen and oxygen atoms in total. The summed E-state index contributed by atoms with van der Waals surface area (Å²) in [5.74, 6) is -4.39. The van der Waals surface area contributed by atoms with Gasteiger partial charge in [-0.05, 0) is 0 Å². The zero-order valence-electron chi connectivity index (χ0n) is 10.3. The van der Waals surface area contributed by atoms with Crippen molar-refractivity contribution in [3.05, 3.63) is 0 Å². The average Bonchev–Trinajstić information content (AvgIpc) is 2.45. The molecular formula is C9H16O9S. The van der Waals surface area contributed by atoms with Crippen molar-refractivity contribution in [3.8, 4) is 0 Å². The third kappa shape index (κ3) is 2.76. The number of hydrogen-bond donors (Lipinski definition) is 2. The molecule has 1 atom stereocenters. The predicted octanol–water partition coefficient (Wildman–Crippen LogP) is -1.20. The Morgan fingerprint density at radius 2 is 2.00 bits per heavy atom. The monoisotopic (exact) mass is 300 g/mol. The molecule has 0 saturated carbocycles. The molecule has 19 heavy (non-hydrogen) atoms. The van der Waals surface area contributed by atoms with Crippen LogP contribution in [0.1, 0.15) is 19.8 Å². The Labute approximate surface area is 110 Å². The summed E-state index contributed by atoms with van der Waals surface area (Å²) in [4.78, 5) is 0. The van der Waals surface area contributed by atoms with E-state index in [9.17, 15) is 13.5 Å². The fourth-order valence-electron chi connectivity index (χ4n) is 1.86. The zero-order valence-corrected chi connectivity index (χ0v) is 11.1. The van der Waals surface area contributed by atoms with Gasteiger partial charge in [0.1, 0.15) is 0 Å². The van der Waals surface area contributed by atoms with Gasteiger partial charge in [0, 0.05) is 6.42 Å². The van der Waals surface area contributed by atoms with Gasteiger partial charge in [0.2, 0.25) is 0 Å². The van der Waals surface area contributed by atoms with E-state index in [4.69, 9.17) is 19.3 Å². The van der Waals surface area contributed by atoms with Gasteiger partial charge in [-0.1, -0.05) is 13.3 Å². The lowest BCUT2D eigenvalue weighted by Gasteiger charge is -2.46. The molecule has 10 heteroatoms. The van der Waals surface area contributed by atoms with Crippen LogP contribution in [-0.2, 0) is 33.0 Å². The van der Waals surface area contributed by atoms with Gasteiger partial charge in [0.15, 0.2) is 6.29 Å². The van der Waals surface area contributed by atoms with Gasteiger partial charge in [-0.25, -0.2) is 4.18 Å². The number of aliphatic hydroxyl groups is 2. The lowest BCUT2D eigenvalue weighted by molar-refractivity contribution is -0.569. The van der Waals surface area contributed by atoms with Crippen molar-refractivity contribution < 1.29 is 41.2 Å². The molecule has 2 aliphatic rings. The molecule has 2 saturated heterocycles. The van der Waals surface area contributed by atoms with Crippen LogP contribution in [-0.4, -0.2) is 56.5 Å². The van der Waals surface area contributed by atoms with E-state index in [1.165, 1.54) is 0 Å². The summed E-state index contributed by atoms with van der Waals surface area (Å²) < 4.78 is 46.8. The molecule has 0 aromatic rings. The molecule has 0 bridgehead atoms. The van der Waals surface area contributed by atoms with E-state index in [1.54, 1.807) is 6.92 Å². The molecule has 1 unspecified atom stereocenters. The highest BCUT2D eigenvalue weighted by atomic mass is 32.3. The van der Waals surface area contributed by atoms with Crippen molar-refractivity contribution in [1.29, 1.82) is 0 Å². The molecule has 2 fully saturated rings. The second kappa shape index (κ2) is 5.22. The third-order valence-corrected chi connectivity index (χ3v) is 3.49. The van der Waals surface area contributed by atoms with Gasteiger partial charge >= 0.3 is 16.4 Å². The maximum absolute atomic E-state index is 11.3. The van der Waals surface area contributed by atoms with Crippen molar-refractivity contribution in [1.82, 2.24) is 0 Å². The van der Waals surface area contributed by atoms with Crippen molar-refractivity contribution in [2.75, 3.05) is 19.8 Å². The minimum atomic E-state index is -4.37. The topological polar surface area (TPSA) is 121 Å². The zero-order chi connectivity index (χ0) is 14.1. The third-order valence-electron chi connectivity index (χ3n) is 2.58. The highest BCUT2D eigenvalue weighted by Gasteiger charge is 2.73. The maximum atomic E-state index is 11.3. The minimum absolute atomic E-state index is 0.0338. The molecule has 2 heterocycles. The maximum Gasteiger partial charge on any atom is 0.407 e. The summed E-state index contributed by atoms with van der Waals surface area (Å²) in [7, 11) is -4.37. The molecule has 1 spiro atoms. The quantitative estimate of drug-likeness (QED) is 0.583. The molecule has 2 rings (SSSR count). The summed E-state index contributed by atoms with van der Waals surface area (Å²) in [6.45, 7) is 1.62. The number of rotatable bonds is 6. The van der Waals surface area contributed by atoms with Crippen LogP contribution >= 0.6 is 0 Å². The van der Waals surface area contributed by atoms with Crippen LogP contribution in [0.4, 0.5) is 0 Å². The van der Waals surface area contributed by atoms with Crippen molar-refractivity contribution in [3.63, 3.8) is 0 Å². The normalized spacial score (nSPS) is 40.5. The van der Waals surface area contributed by atoms with Crippen molar-refractivity contribution in [2.45, 2.75) is 37.8 Å². The van der Waals surface area contributed by atoms with E-state index in [1.807, 2.05) is 0 Å². The highest BCUT2D eigenvalue weighted by molar-refractivity contribution is 7.82. The SMILES string of the molecule is CCCC1(O)OS(=O)(=O)OC12OC(COCCO)O2. The largest absolute Gasteiger partial charge is 0.407 e. The van der Waals surface area contributed by atoms with E-state index in [-0.39, 0.29) is 26.2 Å². The van der Waals surface area contributed by atoms with Gasteiger partial charge in [-0.15, -0.1) is 0 Å². The predicted molar refractivity (Wildman–Crippen MR) is 57.5 cm³/mol. The Balaban J connectivity index is 1.99. The number of ether oxygens (including phenoxy) is 3. The molecule has 0 amide bonds. The van der Waals surface area contributed by atoms with E-state index < -0.39 is 28.4 Å². The smallest absolute Gasteiger partial charge is 0.394 e. The standard InChI is InChI=1S/C9H16O9S/c1-2-3-8(11)9(18-19(12,13)17-8)15-7(16-9)6-14-5-4-10/h7,10-11H,2-6H2,1H3. The van der Waals surface area contributed by atoms with Gasteiger partial charge in [-0.2, -0.15) is 12.6 Å². The van der Waals surface area contributed by atoms with E-state index in [2.05, 4.69) is 8.37 Å². The Morgan fingerprint density at radius 1 is 1.32 bits per heavy atom. The van der Waals surface area contributed by atoms with E-state index >= 15 is 0 Å². The molecule has 0 radical (unpaired) electrons. The summed E-state index contributed by atoms with van der Waals surface area (Å²) in [5, 5.41) is 18.7. The minimum Gasteiger partial charge on any atom is -0.394 e. The van der Waals surface area contributed by atoms with Crippen LogP contribution in [0, 0.1) is 0 Å². The van der Waals surface area contributed by atoms with E-state index in [0.717, 1.165) is 0 Å². The lowest BCUT2D eigenvalue weighted by Crippen LogP contribution is -2.67. The summed E-state index contributed by atoms with van der Waals surface area (Å²) in [5.41, 5.74) is 0. The Bertz CT molecular complexity index is 415. The number of aliphatic hydroxyl groups excluding tert-OH is 1. The molecule has 0 aliphatic carbocycles. The Kier molecular flexibility index (Phi) is 4.14. The second-order valence-electron chi connectivity index (χ2n) is 4.13. The first kappa shape index (κ1) is 15.1. The molecule has 0 aromatic carbocycles. The molecule has 2 N–H and O–H groups in total. The summed E-state index contributed by atoms with van der Waals surface area (Å²) >= 11 is 0. The fraction of sp³-hybridized carbons (Fsp3) is 1.00.